The Bertz CT molecular complexity index is 928. The molecule has 0 saturated heterocycles. The van der Waals surface area contributed by atoms with Crippen LogP contribution < -0.4 is 5.32 Å². The number of benzene rings is 2. The van der Waals surface area contributed by atoms with Gasteiger partial charge in [0.1, 0.15) is 5.82 Å². The maximum absolute atomic E-state index is 12.6. The number of amides is 1. The SMILES string of the molecule is Cc1ccc(-n2nc(C)cc2NC(=O)CN(C)Cc2ccccc2C)cc1. The molecule has 0 atom stereocenters. The standard InChI is InChI=1S/C22H26N4O/c1-16-9-11-20(12-10-16)26-21(13-18(3)24-26)23-22(27)15-25(4)14-19-8-6-5-7-17(19)2/h5-13H,14-15H2,1-4H3,(H,23,27). The van der Waals surface area contributed by atoms with E-state index in [2.05, 4.69) is 29.5 Å². The highest BCUT2D eigenvalue weighted by Crippen LogP contribution is 2.18. The molecule has 2 aromatic carbocycles. The molecule has 0 spiro atoms. The highest BCUT2D eigenvalue weighted by Gasteiger charge is 2.13. The van der Waals surface area contributed by atoms with Gasteiger partial charge in [-0.15, -0.1) is 0 Å². The molecule has 140 valence electrons. The first-order valence-electron chi connectivity index (χ1n) is 9.09. The summed E-state index contributed by atoms with van der Waals surface area (Å²) in [7, 11) is 1.95. The Kier molecular flexibility index (Phi) is 5.72. The van der Waals surface area contributed by atoms with E-state index in [1.54, 1.807) is 4.68 Å². The number of aromatic nitrogens is 2. The highest BCUT2D eigenvalue weighted by molar-refractivity contribution is 5.91. The van der Waals surface area contributed by atoms with Crippen molar-refractivity contribution in [3.63, 3.8) is 0 Å². The van der Waals surface area contributed by atoms with Gasteiger partial charge in [-0.1, -0.05) is 42.0 Å². The van der Waals surface area contributed by atoms with E-state index in [-0.39, 0.29) is 5.91 Å². The number of nitrogens with zero attached hydrogens (tertiary/aromatic N) is 3. The molecule has 0 aliphatic carbocycles. The van der Waals surface area contributed by atoms with Gasteiger partial charge in [-0.05, 0) is 51.1 Å². The number of aryl methyl sites for hydroxylation is 3. The van der Waals surface area contributed by atoms with Crippen LogP contribution in [0.15, 0.2) is 54.6 Å². The van der Waals surface area contributed by atoms with Gasteiger partial charge >= 0.3 is 0 Å². The number of hydrogen-bond donors (Lipinski definition) is 1. The van der Waals surface area contributed by atoms with E-state index in [1.165, 1.54) is 16.7 Å². The van der Waals surface area contributed by atoms with Crippen LogP contribution in [0, 0.1) is 20.8 Å². The summed E-state index contributed by atoms with van der Waals surface area (Å²) in [6, 6.07) is 18.2. The Labute approximate surface area is 160 Å². The molecule has 3 aromatic rings. The van der Waals surface area contributed by atoms with E-state index >= 15 is 0 Å². The van der Waals surface area contributed by atoms with Gasteiger partial charge in [0, 0.05) is 12.6 Å². The second-order valence-electron chi connectivity index (χ2n) is 7.07. The van der Waals surface area contributed by atoms with Gasteiger partial charge in [-0.25, -0.2) is 4.68 Å². The van der Waals surface area contributed by atoms with Crippen molar-refractivity contribution in [2.45, 2.75) is 27.3 Å². The van der Waals surface area contributed by atoms with Gasteiger partial charge in [-0.3, -0.25) is 9.69 Å². The number of anilines is 1. The third-order valence-corrected chi connectivity index (χ3v) is 4.49. The Hall–Kier alpha value is -2.92. The smallest absolute Gasteiger partial charge is 0.239 e. The van der Waals surface area contributed by atoms with E-state index < -0.39 is 0 Å². The first-order chi connectivity index (χ1) is 12.9. The zero-order chi connectivity index (χ0) is 19.4. The summed E-state index contributed by atoms with van der Waals surface area (Å²) in [6.45, 7) is 7.10. The first-order valence-corrected chi connectivity index (χ1v) is 9.09. The molecular formula is C22H26N4O. The lowest BCUT2D eigenvalue weighted by atomic mass is 10.1. The van der Waals surface area contributed by atoms with Gasteiger partial charge < -0.3 is 5.32 Å². The van der Waals surface area contributed by atoms with Gasteiger partial charge in [0.05, 0.1) is 17.9 Å². The van der Waals surface area contributed by atoms with Crippen LogP contribution in [-0.2, 0) is 11.3 Å². The molecule has 0 aliphatic rings. The zero-order valence-electron chi connectivity index (χ0n) is 16.4. The van der Waals surface area contributed by atoms with Gasteiger partial charge in [0.15, 0.2) is 0 Å². The van der Waals surface area contributed by atoms with E-state index in [9.17, 15) is 4.79 Å². The summed E-state index contributed by atoms with van der Waals surface area (Å²) in [4.78, 5) is 14.6. The largest absolute Gasteiger partial charge is 0.309 e. The maximum Gasteiger partial charge on any atom is 0.239 e. The summed E-state index contributed by atoms with van der Waals surface area (Å²) in [5.41, 5.74) is 5.44. The topological polar surface area (TPSA) is 50.2 Å². The summed E-state index contributed by atoms with van der Waals surface area (Å²) in [6.07, 6.45) is 0. The molecule has 0 radical (unpaired) electrons. The molecular weight excluding hydrogens is 336 g/mol. The van der Waals surface area contributed by atoms with Crippen molar-refractivity contribution < 1.29 is 4.79 Å². The van der Waals surface area contributed by atoms with Crippen LogP contribution >= 0.6 is 0 Å². The lowest BCUT2D eigenvalue weighted by Crippen LogP contribution is -2.30. The Morgan fingerprint density at radius 2 is 1.78 bits per heavy atom. The lowest BCUT2D eigenvalue weighted by molar-refractivity contribution is -0.117. The molecule has 0 bridgehead atoms. The van der Waals surface area contributed by atoms with Crippen LogP contribution in [0.1, 0.15) is 22.4 Å². The number of carbonyl (C=O) groups excluding carboxylic acids is 1. The molecule has 1 aromatic heterocycles. The molecule has 0 fully saturated rings. The molecule has 1 heterocycles. The van der Waals surface area contributed by atoms with Gasteiger partial charge in [0.2, 0.25) is 5.91 Å². The van der Waals surface area contributed by atoms with Crippen LogP contribution in [0.25, 0.3) is 5.69 Å². The average Bonchev–Trinajstić information content (AvgIpc) is 2.97. The van der Waals surface area contributed by atoms with Crippen molar-refractivity contribution in [1.82, 2.24) is 14.7 Å². The normalized spacial score (nSPS) is 11.0. The minimum absolute atomic E-state index is 0.0562. The Balaban J connectivity index is 1.67. The number of hydrogen-bond acceptors (Lipinski definition) is 3. The highest BCUT2D eigenvalue weighted by atomic mass is 16.2. The number of nitrogens with one attached hydrogen (secondary N) is 1. The molecule has 3 rings (SSSR count). The fourth-order valence-electron chi connectivity index (χ4n) is 3.03. The third-order valence-electron chi connectivity index (χ3n) is 4.49. The van der Waals surface area contributed by atoms with Gasteiger partial charge in [0.25, 0.3) is 0 Å². The third kappa shape index (κ3) is 4.83. The van der Waals surface area contributed by atoms with Crippen LogP contribution in [0.3, 0.4) is 0 Å². The number of likely N-dealkylation sites (N-methyl/N-ethyl adjacent to an activating group) is 1. The van der Waals surface area contributed by atoms with E-state index in [0.717, 1.165) is 17.9 Å². The summed E-state index contributed by atoms with van der Waals surface area (Å²) < 4.78 is 1.77. The summed E-state index contributed by atoms with van der Waals surface area (Å²) >= 11 is 0. The molecule has 0 unspecified atom stereocenters. The molecule has 0 saturated carbocycles. The second-order valence-corrected chi connectivity index (χ2v) is 7.07. The van der Waals surface area contributed by atoms with Crippen LogP contribution in [0.2, 0.25) is 0 Å². The van der Waals surface area contributed by atoms with E-state index in [4.69, 9.17) is 0 Å². The summed E-state index contributed by atoms with van der Waals surface area (Å²) in [5.74, 6) is 0.630. The quantitative estimate of drug-likeness (QED) is 0.724. The predicted octanol–water partition coefficient (Wildman–Crippen LogP) is 3.87. The first kappa shape index (κ1) is 18.9. The van der Waals surface area contributed by atoms with Gasteiger partial charge in [-0.2, -0.15) is 5.10 Å². The van der Waals surface area contributed by atoms with Crippen molar-refractivity contribution in [3.05, 3.63) is 77.0 Å². The average molecular weight is 362 g/mol. The molecule has 0 aliphatic heterocycles. The molecule has 5 nitrogen and oxygen atoms in total. The maximum atomic E-state index is 12.6. The Morgan fingerprint density at radius 3 is 2.48 bits per heavy atom. The molecule has 1 N–H and O–H groups in total. The zero-order valence-corrected chi connectivity index (χ0v) is 16.4. The fraction of sp³-hybridized carbons (Fsp3) is 0.273. The van der Waals surface area contributed by atoms with E-state index in [1.807, 2.05) is 68.3 Å². The predicted molar refractivity (Wildman–Crippen MR) is 109 cm³/mol. The van der Waals surface area contributed by atoms with Crippen molar-refractivity contribution >= 4 is 11.7 Å². The Morgan fingerprint density at radius 1 is 1.07 bits per heavy atom. The minimum atomic E-state index is -0.0562. The summed E-state index contributed by atoms with van der Waals surface area (Å²) in [5, 5.41) is 7.51. The number of rotatable bonds is 6. The van der Waals surface area contributed by atoms with Crippen molar-refractivity contribution in [3.8, 4) is 5.69 Å². The second kappa shape index (κ2) is 8.18. The van der Waals surface area contributed by atoms with E-state index in [0.29, 0.717) is 12.4 Å². The fourth-order valence-corrected chi connectivity index (χ4v) is 3.03. The number of carbonyl (C=O) groups is 1. The van der Waals surface area contributed by atoms with Crippen molar-refractivity contribution in [2.75, 3.05) is 18.9 Å². The lowest BCUT2D eigenvalue weighted by Gasteiger charge is -2.18. The van der Waals surface area contributed by atoms with Crippen LogP contribution in [0.4, 0.5) is 5.82 Å². The molecule has 5 heteroatoms. The van der Waals surface area contributed by atoms with Crippen LogP contribution in [0.5, 0.6) is 0 Å². The van der Waals surface area contributed by atoms with Crippen LogP contribution in [-0.4, -0.2) is 34.2 Å². The molecule has 1 amide bonds. The van der Waals surface area contributed by atoms with Crippen molar-refractivity contribution in [2.24, 2.45) is 0 Å². The minimum Gasteiger partial charge on any atom is -0.309 e. The monoisotopic (exact) mass is 362 g/mol. The van der Waals surface area contributed by atoms with Crippen molar-refractivity contribution in [1.29, 1.82) is 0 Å². The molecule has 27 heavy (non-hydrogen) atoms.